The maximum atomic E-state index is 12.7. The Bertz CT molecular complexity index is 1160. The van der Waals surface area contributed by atoms with E-state index >= 15 is 0 Å². The number of benzene rings is 2. The summed E-state index contributed by atoms with van der Waals surface area (Å²) in [7, 11) is 3.02. The highest BCUT2D eigenvalue weighted by atomic mass is 35.5. The molecule has 156 valence electrons. The number of carbonyl (C=O) groups excluding carboxylic acids is 1. The van der Waals surface area contributed by atoms with E-state index in [9.17, 15) is 9.59 Å². The lowest BCUT2D eigenvalue weighted by Crippen LogP contribution is -2.30. The normalized spacial score (nSPS) is 11.1. The molecule has 8 heteroatoms. The molecule has 0 saturated heterocycles. The van der Waals surface area contributed by atoms with Gasteiger partial charge in [-0.1, -0.05) is 23.7 Å². The van der Waals surface area contributed by atoms with Crippen LogP contribution in [-0.4, -0.2) is 41.5 Å². The standard InChI is InChI=1S/C22H22ClN3O4/c1-4-26(13-19-24-17-8-6-5-7-15(17)22(28)25-19)20(27)10-9-14-11-16(23)21(30-3)18(12-14)29-2/h5-12H,4,13H2,1-3H3,(H,24,25,28). The van der Waals surface area contributed by atoms with E-state index in [0.717, 1.165) is 0 Å². The van der Waals surface area contributed by atoms with E-state index < -0.39 is 0 Å². The maximum Gasteiger partial charge on any atom is 0.258 e. The third-order valence-corrected chi connectivity index (χ3v) is 4.85. The minimum absolute atomic E-state index is 0.187. The number of H-pyrrole nitrogens is 1. The van der Waals surface area contributed by atoms with Crippen molar-refractivity contribution >= 4 is 34.5 Å². The number of amides is 1. The summed E-state index contributed by atoms with van der Waals surface area (Å²) >= 11 is 6.21. The molecule has 0 saturated carbocycles. The quantitative estimate of drug-likeness (QED) is 0.582. The highest BCUT2D eigenvalue weighted by molar-refractivity contribution is 6.32. The zero-order valence-corrected chi connectivity index (χ0v) is 17.7. The Morgan fingerprint density at radius 3 is 2.70 bits per heavy atom. The molecule has 1 amide bonds. The van der Waals surface area contributed by atoms with Gasteiger partial charge in [0, 0.05) is 12.6 Å². The number of rotatable bonds is 7. The van der Waals surface area contributed by atoms with Crippen LogP contribution in [0.15, 0.2) is 47.3 Å². The average Bonchev–Trinajstić information content (AvgIpc) is 2.75. The van der Waals surface area contributed by atoms with Crippen molar-refractivity contribution in [2.24, 2.45) is 0 Å². The van der Waals surface area contributed by atoms with Crippen molar-refractivity contribution in [2.45, 2.75) is 13.5 Å². The van der Waals surface area contributed by atoms with E-state index in [4.69, 9.17) is 21.1 Å². The summed E-state index contributed by atoms with van der Waals surface area (Å²) in [4.78, 5) is 33.7. The third-order valence-electron chi connectivity index (χ3n) is 4.57. The number of nitrogens with one attached hydrogen (secondary N) is 1. The second kappa shape index (κ2) is 9.45. The van der Waals surface area contributed by atoms with Gasteiger partial charge in [0.05, 0.1) is 36.7 Å². The number of halogens is 1. The molecule has 0 aliphatic carbocycles. The number of aromatic amines is 1. The van der Waals surface area contributed by atoms with Gasteiger partial charge in [-0.05, 0) is 42.8 Å². The molecule has 0 spiro atoms. The molecular weight excluding hydrogens is 406 g/mol. The molecule has 2 aromatic carbocycles. The van der Waals surface area contributed by atoms with E-state index in [1.807, 2.05) is 13.0 Å². The smallest absolute Gasteiger partial charge is 0.258 e. The van der Waals surface area contributed by atoms with Crippen molar-refractivity contribution in [3.05, 3.63) is 69.2 Å². The topological polar surface area (TPSA) is 84.5 Å². The van der Waals surface area contributed by atoms with Gasteiger partial charge in [0.15, 0.2) is 11.5 Å². The molecule has 1 heterocycles. The molecule has 0 fully saturated rings. The van der Waals surface area contributed by atoms with E-state index in [-0.39, 0.29) is 18.0 Å². The lowest BCUT2D eigenvalue weighted by atomic mass is 10.2. The number of hydrogen-bond donors (Lipinski definition) is 1. The number of nitrogens with zero attached hydrogens (tertiary/aromatic N) is 2. The maximum absolute atomic E-state index is 12.7. The van der Waals surface area contributed by atoms with Crippen molar-refractivity contribution in [3.8, 4) is 11.5 Å². The number of ether oxygens (including phenoxy) is 2. The second-order valence-corrected chi connectivity index (χ2v) is 6.86. The number of methoxy groups -OCH3 is 2. The molecule has 0 aliphatic heterocycles. The van der Waals surface area contributed by atoms with Gasteiger partial charge in [-0.15, -0.1) is 0 Å². The fourth-order valence-electron chi connectivity index (χ4n) is 3.04. The predicted molar refractivity (Wildman–Crippen MR) is 117 cm³/mol. The fraction of sp³-hybridized carbons (Fsp3) is 0.227. The predicted octanol–water partition coefficient (Wildman–Crippen LogP) is 3.66. The Labute approximate surface area is 178 Å². The molecule has 30 heavy (non-hydrogen) atoms. The first-order valence-corrected chi connectivity index (χ1v) is 9.71. The molecule has 3 aromatic rings. The third kappa shape index (κ3) is 4.63. The van der Waals surface area contributed by atoms with Gasteiger partial charge in [-0.3, -0.25) is 9.59 Å². The fourth-order valence-corrected chi connectivity index (χ4v) is 3.34. The van der Waals surface area contributed by atoms with Crippen LogP contribution < -0.4 is 15.0 Å². The lowest BCUT2D eigenvalue weighted by Gasteiger charge is -2.18. The van der Waals surface area contributed by atoms with Crippen molar-refractivity contribution < 1.29 is 14.3 Å². The SMILES string of the molecule is CCN(Cc1nc2ccccc2c(=O)[nH]1)C(=O)C=Cc1cc(Cl)c(OC)c(OC)c1. The first-order valence-electron chi connectivity index (χ1n) is 9.33. The Morgan fingerprint density at radius 2 is 2.00 bits per heavy atom. The first-order chi connectivity index (χ1) is 14.5. The molecule has 1 N–H and O–H groups in total. The van der Waals surface area contributed by atoms with Crippen LogP contribution in [0.4, 0.5) is 0 Å². The number of para-hydroxylation sites is 1. The van der Waals surface area contributed by atoms with Gasteiger partial charge < -0.3 is 19.4 Å². The lowest BCUT2D eigenvalue weighted by molar-refractivity contribution is -0.126. The Balaban J connectivity index is 1.80. The Hall–Kier alpha value is -3.32. The zero-order chi connectivity index (χ0) is 21.7. The van der Waals surface area contributed by atoms with Crippen molar-refractivity contribution in [1.82, 2.24) is 14.9 Å². The van der Waals surface area contributed by atoms with Crippen LogP contribution in [0.2, 0.25) is 5.02 Å². The van der Waals surface area contributed by atoms with Crippen LogP contribution in [0.25, 0.3) is 17.0 Å². The largest absolute Gasteiger partial charge is 0.493 e. The van der Waals surface area contributed by atoms with Gasteiger partial charge in [-0.25, -0.2) is 4.98 Å². The van der Waals surface area contributed by atoms with Crippen LogP contribution >= 0.6 is 11.6 Å². The van der Waals surface area contributed by atoms with Gasteiger partial charge in [0.1, 0.15) is 5.82 Å². The molecule has 0 unspecified atom stereocenters. The summed E-state index contributed by atoms with van der Waals surface area (Å²) in [5.41, 5.74) is 1.06. The van der Waals surface area contributed by atoms with Crippen LogP contribution in [0, 0.1) is 0 Å². The molecule has 0 aliphatic rings. The second-order valence-electron chi connectivity index (χ2n) is 6.45. The summed E-state index contributed by atoms with van der Waals surface area (Å²) in [6.45, 7) is 2.50. The molecule has 3 rings (SSSR count). The summed E-state index contributed by atoms with van der Waals surface area (Å²) in [6, 6.07) is 10.5. The minimum atomic E-state index is -0.227. The summed E-state index contributed by atoms with van der Waals surface area (Å²) in [5, 5.41) is 0.898. The zero-order valence-electron chi connectivity index (χ0n) is 16.9. The average molecular weight is 428 g/mol. The number of likely N-dealkylation sites (N-methyl/N-ethyl adjacent to an activating group) is 1. The van der Waals surface area contributed by atoms with Crippen LogP contribution in [0.5, 0.6) is 11.5 Å². The van der Waals surface area contributed by atoms with Crippen LogP contribution in [0.1, 0.15) is 18.3 Å². The molecule has 0 radical (unpaired) electrons. The monoisotopic (exact) mass is 427 g/mol. The van der Waals surface area contributed by atoms with Crippen molar-refractivity contribution in [2.75, 3.05) is 20.8 Å². The van der Waals surface area contributed by atoms with Crippen LogP contribution in [-0.2, 0) is 11.3 Å². The Kier molecular flexibility index (Phi) is 6.74. The van der Waals surface area contributed by atoms with Gasteiger partial charge >= 0.3 is 0 Å². The highest BCUT2D eigenvalue weighted by Gasteiger charge is 2.13. The first kappa shape index (κ1) is 21.4. The summed E-state index contributed by atoms with van der Waals surface area (Å²) in [5.74, 6) is 1.11. The Morgan fingerprint density at radius 1 is 1.23 bits per heavy atom. The molecule has 1 aromatic heterocycles. The molecule has 0 bridgehead atoms. The highest BCUT2D eigenvalue weighted by Crippen LogP contribution is 2.36. The van der Waals surface area contributed by atoms with Crippen molar-refractivity contribution in [1.29, 1.82) is 0 Å². The van der Waals surface area contributed by atoms with E-state index in [1.54, 1.807) is 41.3 Å². The molecular formula is C22H22ClN3O4. The number of hydrogen-bond acceptors (Lipinski definition) is 5. The summed E-state index contributed by atoms with van der Waals surface area (Å²) in [6.07, 6.45) is 3.09. The number of aromatic nitrogens is 2. The number of fused-ring (bicyclic) bond motifs is 1. The van der Waals surface area contributed by atoms with Gasteiger partial charge in [0.25, 0.3) is 5.56 Å². The van der Waals surface area contributed by atoms with E-state index in [2.05, 4.69) is 9.97 Å². The van der Waals surface area contributed by atoms with Crippen molar-refractivity contribution in [3.63, 3.8) is 0 Å². The number of carbonyl (C=O) groups is 1. The molecule has 0 atom stereocenters. The summed E-state index contributed by atoms with van der Waals surface area (Å²) < 4.78 is 10.5. The van der Waals surface area contributed by atoms with Gasteiger partial charge in [0.2, 0.25) is 5.91 Å². The van der Waals surface area contributed by atoms with Gasteiger partial charge in [-0.2, -0.15) is 0 Å². The van der Waals surface area contributed by atoms with E-state index in [0.29, 0.717) is 45.4 Å². The minimum Gasteiger partial charge on any atom is -0.493 e. The van der Waals surface area contributed by atoms with E-state index in [1.165, 1.54) is 20.3 Å². The molecule has 7 nitrogen and oxygen atoms in total. The van der Waals surface area contributed by atoms with Crippen LogP contribution in [0.3, 0.4) is 0 Å².